The fourth-order valence-corrected chi connectivity index (χ4v) is 2.74. The van der Waals surface area contributed by atoms with Gasteiger partial charge in [0.05, 0.1) is 0 Å². The van der Waals surface area contributed by atoms with Crippen LogP contribution in [0.3, 0.4) is 0 Å². The number of nitrogens with one attached hydrogen (secondary N) is 1. The Bertz CT molecular complexity index is 399. The van der Waals surface area contributed by atoms with Crippen LogP contribution in [0.1, 0.15) is 11.6 Å². The number of thioether (sulfide) groups is 1. The standard InChI is InChI=1S/C13H17F3N2S/c1-19-11-4-2-10(3-5-11)12(13(14,15)16)18-8-6-17-7-9-18/h2-5,12,17H,6-9H2,1H3/t12-/m1/s1. The molecule has 0 bridgehead atoms. The maximum Gasteiger partial charge on any atom is 0.408 e. The van der Waals surface area contributed by atoms with Gasteiger partial charge in [0.15, 0.2) is 0 Å². The quantitative estimate of drug-likeness (QED) is 0.862. The van der Waals surface area contributed by atoms with E-state index in [0.29, 0.717) is 31.7 Å². The highest BCUT2D eigenvalue weighted by molar-refractivity contribution is 7.98. The van der Waals surface area contributed by atoms with Crippen LogP contribution >= 0.6 is 11.8 Å². The van der Waals surface area contributed by atoms with Crippen molar-refractivity contribution in [2.75, 3.05) is 32.4 Å². The third-order valence-corrected chi connectivity index (χ3v) is 4.00. The van der Waals surface area contributed by atoms with Gasteiger partial charge in [-0.25, -0.2) is 0 Å². The van der Waals surface area contributed by atoms with Gasteiger partial charge in [-0.1, -0.05) is 12.1 Å². The van der Waals surface area contributed by atoms with Gasteiger partial charge in [0, 0.05) is 31.1 Å². The molecule has 0 aromatic heterocycles. The first-order valence-electron chi connectivity index (χ1n) is 6.18. The second kappa shape index (κ2) is 6.15. The van der Waals surface area contributed by atoms with Crippen LogP contribution in [0.5, 0.6) is 0 Å². The lowest BCUT2D eigenvalue weighted by Crippen LogP contribution is -2.49. The van der Waals surface area contributed by atoms with Crippen molar-refractivity contribution in [3.05, 3.63) is 29.8 Å². The summed E-state index contributed by atoms with van der Waals surface area (Å²) in [7, 11) is 0. The van der Waals surface area contributed by atoms with E-state index in [2.05, 4.69) is 5.32 Å². The number of benzene rings is 1. The number of alkyl halides is 3. The molecular weight excluding hydrogens is 273 g/mol. The Balaban J connectivity index is 2.25. The van der Waals surface area contributed by atoms with E-state index in [1.807, 2.05) is 6.26 Å². The minimum absolute atomic E-state index is 0.326. The summed E-state index contributed by atoms with van der Waals surface area (Å²) in [5.74, 6) is 0. The molecule has 0 radical (unpaired) electrons. The highest BCUT2D eigenvalue weighted by Gasteiger charge is 2.44. The molecule has 1 N–H and O–H groups in total. The largest absolute Gasteiger partial charge is 0.408 e. The molecule has 2 nitrogen and oxygen atoms in total. The first-order chi connectivity index (χ1) is 9.02. The molecule has 0 unspecified atom stereocenters. The Labute approximate surface area is 115 Å². The van der Waals surface area contributed by atoms with Crippen molar-refractivity contribution in [2.24, 2.45) is 0 Å². The fraction of sp³-hybridized carbons (Fsp3) is 0.538. The number of piperazine rings is 1. The minimum atomic E-state index is -4.24. The SMILES string of the molecule is CSc1ccc([C@@H](N2CCNCC2)C(F)(F)F)cc1. The Morgan fingerprint density at radius 2 is 1.74 bits per heavy atom. The molecule has 0 aliphatic carbocycles. The lowest BCUT2D eigenvalue weighted by atomic mass is 10.0. The number of hydrogen-bond acceptors (Lipinski definition) is 3. The first kappa shape index (κ1) is 14.7. The number of nitrogens with zero attached hydrogens (tertiary/aromatic N) is 1. The molecular formula is C13H17F3N2S. The van der Waals surface area contributed by atoms with Gasteiger partial charge >= 0.3 is 6.18 Å². The number of halogens is 3. The van der Waals surface area contributed by atoms with Crippen LogP contribution in [-0.4, -0.2) is 43.5 Å². The van der Waals surface area contributed by atoms with Crippen molar-refractivity contribution in [1.82, 2.24) is 10.2 Å². The highest BCUT2D eigenvalue weighted by atomic mass is 32.2. The van der Waals surface area contributed by atoms with Gasteiger partial charge in [0.1, 0.15) is 6.04 Å². The van der Waals surface area contributed by atoms with Gasteiger partial charge in [-0.2, -0.15) is 13.2 Å². The van der Waals surface area contributed by atoms with E-state index in [-0.39, 0.29) is 0 Å². The van der Waals surface area contributed by atoms with Crippen molar-refractivity contribution < 1.29 is 13.2 Å². The molecule has 0 spiro atoms. The summed E-state index contributed by atoms with van der Waals surface area (Å²) in [6, 6.07) is 5.19. The summed E-state index contributed by atoms with van der Waals surface area (Å²) in [6.07, 6.45) is -2.33. The zero-order valence-corrected chi connectivity index (χ0v) is 11.5. The average Bonchev–Trinajstić information content (AvgIpc) is 2.39. The van der Waals surface area contributed by atoms with E-state index >= 15 is 0 Å². The maximum absolute atomic E-state index is 13.3. The first-order valence-corrected chi connectivity index (χ1v) is 7.40. The zero-order valence-electron chi connectivity index (χ0n) is 10.7. The van der Waals surface area contributed by atoms with Gasteiger partial charge in [0.2, 0.25) is 0 Å². The van der Waals surface area contributed by atoms with Crippen LogP contribution in [0, 0.1) is 0 Å². The van der Waals surface area contributed by atoms with Crippen LogP contribution in [0.15, 0.2) is 29.2 Å². The van der Waals surface area contributed by atoms with E-state index in [1.165, 1.54) is 16.7 Å². The van der Waals surface area contributed by atoms with Crippen LogP contribution in [0.2, 0.25) is 0 Å². The lowest BCUT2D eigenvalue weighted by Gasteiger charge is -2.36. The Morgan fingerprint density at radius 1 is 1.16 bits per heavy atom. The lowest BCUT2D eigenvalue weighted by molar-refractivity contribution is -0.187. The second-order valence-corrected chi connectivity index (χ2v) is 5.38. The van der Waals surface area contributed by atoms with Crippen molar-refractivity contribution in [2.45, 2.75) is 17.1 Å². The third-order valence-electron chi connectivity index (χ3n) is 3.26. The van der Waals surface area contributed by atoms with Crippen LogP contribution in [0.25, 0.3) is 0 Å². The molecule has 0 amide bonds. The molecule has 1 saturated heterocycles. The van der Waals surface area contributed by atoms with Gasteiger partial charge in [-0.05, 0) is 24.0 Å². The molecule has 1 atom stereocenters. The molecule has 1 aromatic rings. The summed E-state index contributed by atoms with van der Waals surface area (Å²) in [4.78, 5) is 2.48. The van der Waals surface area contributed by atoms with Crippen LogP contribution in [-0.2, 0) is 0 Å². The minimum Gasteiger partial charge on any atom is -0.314 e. The van der Waals surface area contributed by atoms with Gasteiger partial charge in [-0.3, -0.25) is 4.90 Å². The summed E-state index contributed by atoms with van der Waals surface area (Å²) in [5, 5.41) is 3.08. The van der Waals surface area contributed by atoms with E-state index in [9.17, 15) is 13.2 Å². The monoisotopic (exact) mass is 290 g/mol. The van der Waals surface area contributed by atoms with E-state index < -0.39 is 12.2 Å². The van der Waals surface area contributed by atoms with Crippen molar-refractivity contribution >= 4 is 11.8 Å². The molecule has 1 aromatic carbocycles. The summed E-state index contributed by atoms with van der Waals surface area (Å²) >= 11 is 1.53. The summed E-state index contributed by atoms with van der Waals surface area (Å²) in [6.45, 7) is 2.06. The van der Waals surface area contributed by atoms with Crippen LogP contribution in [0.4, 0.5) is 13.2 Å². The van der Waals surface area contributed by atoms with E-state index in [4.69, 9.17) is 0 Å². The molecule has 2 rings (SSSR count). The topological polar surface area (TPSA) is 15.3 Å². The van der Waals surface area contributed by atoms with Gasteiger partial charge in [0.25, 0.3) is 0 Å². The predicted octanol–water partition coefficient (Wildman–Crippen LogP) is 2.92. The third kappa shape index (κ3) is 3.64. The van der Waals surface area contributed by atoms with Crippen molar-refractivity contribution in [3.63, 3.8) is 0 Å². The molecule has 19 heavy (non-hydrogen) atoms. The number of rotatable bonds is 3. The highest BCUT2D eigenvalue weighted by Crippen LogP contribution is 2.38. The maximum atomic E-state index is 13.3. The van der Waals surface area contributed by atoms with Crippen molar-refractivity contribution in [1.29, 1.82) is 0 Å². The molecule has 6 heteroatoms. The number of hydrogen-bond donors (Lipinski definition) is 1. The Kier molecular flexibility index (Phi) is 4.76. The molecule has 106 valence electrons. The van der Waals surface area contributed by atoms with Gasteiger partial charge in [-0.15, -0.1) is 11.8 Å². The molecule has 0 saturated carbocycles. The zero-order chi connectivity index (χ0) is 13.9. The van der Waals surface area contributed by atoms with Crippen LogP contribution < -0.4 is 5.32 Å². The molecule has 1 heterocycles. The second-order valence-electron chi connectivity index (χ2n) is 4.50. The molecule has 1 aliphatic rings. The fourth-order valence-electron chi connectivity index (χ4n) is 2.33. The Hall–Kier alpha value is -0.720. The molecule has 1 fully saturated rings. The van der Waals surface area contributed by atoms with Gasteiger partial charge < -0.3 is 5.32 Å². The average molecular weight is 290 g/mol. The van der Waals surface area contributed by atoms with E-state index in [1.54, 1.807) is 24.3 Å². The summed E-state index contributed by atoms with van der Waals surface area (Å²) in [5.41, 5.74) is 0.326. The van der Waals surface area contributed by atoms with Crippen molar-refractivity contribution in [3.8, 4) is 0 Å². The summed E-state index contributed by atoms with van der Waals surface area (Å²) < 4.78 is 39.9. The predicted molar refractivity (Wildman–Crippen MR) is 71.5 cm³/mol. The molecule has 1 aliphatic heterocycles. The van der Waals surface area contributed by atoms with E-state index in [0.717, 1.165) is 4.90 Å². The smallest absolute Gasteiger partial charge is 0.314 e. The Morgan fingerprint density at radius 3 is 2.21 bits per heavy atom. The normalized spacial score (nSPS) is 19.4.